The molecule has 0 aliphatic heterocycles. The number of carbonyl (C=O) groups excluding carboxylic acids is 1. The maximum Gasteiger partial charge on any atom is 0.261 e. The van der Waals surface area contributed by atoms with Gasteiger partial charge in [0.1, 0.15) is 11.4 Å². The molecule has 0 aliphatic carbocycles. The molecule has 5 aromatic rings. The van der Waals surface area contributed by atoms with Crippen molar-refractivity contribution in [2.45, 2.75) is 18.9 Å². The quantitative estimate of drug-likeness (QED) is 0.205. The molecule has 37 heavy (non-hydrogen) atoms. The van der Waals surface area contributed by atoms with E-state index in [0.29, 0.717) is 46.6 Å². The molecule has 0 aliphatic rings. The summed E-state index contributed by atoms with van der Waals surface area (Å²) in [4.78, 5) is 36.0. The third-order valence-corrected chi connectivity index (χ3v) is 6.14. The first-order valence-corrected chi connectivity index (χ1v) is 12.1. The van der Waals surface area contributed by atoms with Crippen LogP contribution in [0.15, 0.2) is 95.9 Å². The van der Waals surface area contributed by atoms with Gasteiger partial charge in [-0.05, 0) is 35.7 Å². The summed E-state index contributed by atoms with van der Waals surface area (Å²) in [7, 11) is 0. The zero-order valence-electron chi connectivity index (χ0n) is 20.1. The highest BCUT2D eigenvalue weighted by atomic mass is 16.3. The van der Waals surface area contributed by atoms with Crippen molar-refractivity contribution in [2.24, 2.45) is 0 Å². The Morgan fingerprint density at radius 1 is 0.919 bits per heavy atom. The van der Waals surface area contributed by atoms with Crippen molar-refractivity contribution in [3.63, 3.8) is 0 Å². The largest absolute Gasteiger partial charge is 0.387 e. The van der Waals surface area contributed by atoms with E-state index in [1.807, 2.05) is 72.8 Å². The van der Waals surface area contributed by atoms with Gasteiger partial charge in [-0.25, -0.2) is 4.98 Å². The topological polar surface area (TPSA) is 123 Å². The van der Waals surface area contributed by atoms with Crippen molar-refractivity contribution in [1.82, 2.24) is 15.0 Å². The summed E-state index contributed by atoms with van der Waals surface area (Å²) in [6.07, 6.45) is 1.78. The molecule has 1 amide bonds. The first-order chi connectivity index (χ1) is 18.1. The number of rotatable bonds is 9. The van der Waals surface area contributed by atoms with Crippen LogP contribution < -0.4 is 16.2 Å². The molecule has 1 atom stereocenters. The molecule has 186 valence electrons. The molecule has 3 aromatic carbocycles. The van der Waals surface area contributed by atoms with Crippen molar-refractivity contribution in [1.29, 1.82) is 0 Å². The number of fused-ring (bicyclic) bond motifs is 1. The summed E-state index contributed by atoms with van der Waals surface area (Å²) in [5.74, 6) is 0.252. The summed E-state index contributed by atoms with van der Waals surface area (Å²) in [5.41, 5.74) is 4.24. The maximum absolute atomic E-state index is 12.8. The third-order valence-electron chi connectivity index (χ3n) is 6.14. The monoisotopic (exact) mass is 493 g/mol. The Balaban J connectivity index is 1.37. The second-order valence-corrected chi connectivity index (χ2v) is 8.72. The molecule has 0 fully saturated rings. The lowest BCUT2D eigenvalue weighted by molar-refractivity contribution is -0.116. The minimum atomic E-state index is -0.748. The van der Waals surface area contributed by atoms with E-state index in [9.17, 15) is 14.7 Å². The highest BCUT2D eigenvalue weighted by Gasteiger charge is 2.17. The van der Waals surface area contributed by atoms with Crippen LogP contribution in [0.3, 0.4) is 0 Å². The first-order valence-electron chi connectivity index (χ1n) is 12.1. The fourth-order valence-electron chi connectivity index (χ4n) is 4.23. The number of aryl methyl sites for hydroxylation is 1. The van der Waals surface area contributed by atoms with E-state index in [-0.39, 0.29) is 18.0 Å². The molecular weight excluding hydrogens is 466 g/mol. The van der Waals surface area contributed by atoms with Gasteiger partial charge in [-0.2, -0.15) is 0 Å². The number of aromatic amines is 2. The average Bonchev–Trinajstić information content (AvgIpc) is 3.36. The fraction of sp³-hybridized carbons (Fsp3) is 0.138. The zero-order valence-corrected chi connectivity index (χ0v) is 20.1. The van der Waals surface area contributed by atoms with Gasteiger partial charge in [-0.15, -0.1) is 0 Å². The molecule has 2 heterocycles. The van der Waals surface area contributed by atoms with Gasteiger partial charge in [-0.1, -0.05) is 66.7 Å². The molecule has 8 nitrogen and oxygen atoms in total. The Labute approximate surface area is 213 Å². The molecule has 0 spiro atoms. The predicted octanol–water partition coefficient (Wildman–Crippen LogP) is 4.64. The van der Waals surface area contributed by atoms with Gasteiger partial charge >= 0.3 is 0 Å². The van der Waals surface area contributed by atoms with Crippen LogP contribution in [-0.4, -0.2) is 32.5 Å². The highest BCUT2D eigenvalue weighted by molar-refractivity contribution is 6.00. The number of nitrogens with one attached hydrogen (secondary N) is 4. The minimum absolute atomic E-state index is 0.109. The molecule has 0 bridgehead atoms. The SMILES string of the molecule is O=C(CCc1ccccc1)Nc1cccc2nc(-c3c(NC[C@H](O)c4ccccc4)cc[nH]c3=O)[nH]c12. The van der Waals surface area contributed by atoms with Crippen molar-refractivity contribution >= 4 is 28.3 Å². The van der Waals surface area contributed by atoms with Crippen LogP contribution >= 0.6 is 0 Å². The van der Waals surface area contributed by atoms with Gasteiger partial charge in [-0.3, -0.25) is 9.59 Å². The Morgan fingerprint density at radius 3 is 2.46 bits per heavy atom. The lowest BCUT2D eigenvalue weighted by Crippen LogP contribution is -2.17. The van der Waals surface area contributed by atoms with Crippen molar-refractivity contribution in [3.05, 3.63) is 113 Å². The lowest BCUT2D eigenvalue weighted by Gasteiger charge is -2.14. The third kappa shape index (κ3) is 5.60. The van der Waals surface area contributed by atoms with Crippen LogP contribution in [0.25, 0.3) is 22.4 Å². The molecule has 8 heteroatoms. The number of aromatic nitrogens is 3. The Morgan fingerprint density at radius 2 is 1.68 bits per heavy atom. The van der Waals surface area contributed by atoms with Crippen molar-refractivity contribution < 1.29 is 9.90 Å². The van der Waals surface area contributed by atoms with E-state index >= 15 is 0 Å². The molecule has 0 saturated carbocycles. The van der Waals surface area contributed by atoms with Crippen LogP contribution in [0.1, 0.15) is 23.7 Å². The number of benzene rings is 3. The number of aliphatic hydroxyl groups is 1. The van der Waals surface area contributed by atoms with Gasteiger partial charge < -0.3 is 25.7 Å². The van der Waals surface area contributed by atoms with E-state index in [1.165, 1.54) is 0 Å². The van der Waals surface area contributed by atoms with E-state index in [2.05, 4.69) is 25.6 Å². The van der Waals surface area contributed by atoms with Crippen LogP contribution in [0, 0.1) is 0 Å². The summed E-state index contributed by atoms with van der Waals surface area (Å²) in [5, 5.41) is 16.7. The Hall–Kier alpha value is -4.69. The Bertz CT molecular complexity index is 1560. The second kappa shape index (κ2) is 10.9. The van der Waals surface area contributed by atoms with E-state index in [1.54, 1.807) is 18.3 Å². The van der Waals surface area contributed by atoms with E-state index < -0.39 is 6.10 Å². The van der Waals surface area contributed by atoms with Gasteiger partial charge in [0, 0.05) is 19.2 Å². The summed E-state index contributed by atoms with van der Waals surface area (Å²) in [6, 6.07) is 26.3. The van der Waals surface area contributed by atoms with E-state index in [4.69, 9.17) is 0 Å². The van der Waals surface area contributed by atoms with Crippen LogP contribution in [0.4, 0.5) is 11.4 Å². The number of carbonyl (C=O) groups is 1. The summed E-state index contributed by atoms with van der Waals surface area (Å²) < 4.78 is 0. The standard InChI is InChI=1S/C29H27N5O3/c35-24(20-10-5-2-6-11-20)18-31-21-16-17-30-29(37)26(21)28-33-23-13-7-12-22(27(23)34-28)32-25(36)15-14-19-8-3-1-4-9-19/h1-13,16-17,24,35H,14-15,18H2,(H,32,36)(H,33,34)(H2,30,31,37)/t24-/m0/s1. The van der Waals surface area contributed by atoms with E-state index in [0.717, 1.165) is 11.1 Å². The number of para-hydroxylation sites is 1. The summed E-state index contributed by atoms with van der Waals surface area (Å²) in [6.45, 7) is 0.212. The van der Waals surface area contributed by atoms with Gasteiger partial charge in [0.15, 0.2) is 0 Å². The van der Waals surface area contributed by atoms with Crippen LogP contribution in [0.2, 0.25) is 0 Å². The highest BCUT2D eigenvalue weighted by Crippen LogP contribution is 2.28. The molecule has 5 rings (SSSR count). The number of nitrogens with zero attached hydrogens (tertiary/aromatic N) is 1. The van der Waals surface area contributed by atoms with Crippen LogP contribution in [-0.2, 0) is 11.2 Å². The number of H-pyrrole nitrogens is 2. The number of hydrogen-bond acceptors (Lipinski definition) is 5. The number of imidazole rings is 1. The minimum Gasteiger partial charge on any atom is -0.387 e. The van der Waals surface area contributed by atoms with Crippen LogP contribution in [0.5, 0.6) is 0 Å². The fourth-order valence-corrected chi connectivity index (χ4v) is 4.23. The zero-order chi connectivity index (χ0) is 25.6. The normalized spacial score (nSPS) is 11.8. The molecule has 2 aromatic heterocycles. The maximum atomic E-state index is 12.8. The Kier molecular flexibility index (Phi) is 7.09. The number of amides is 1. The molecule has 0 radical (unpaired) electrons. The average molecular weight is 494 g/mol. The number of anilines is 2. The van der Waals surface area contributed by atoms with Crippen molar-refractivity contribution in [3.8, 4) is 11.4 Å². The predicted molar refractivity (Wildman–Crippen MR) is 145 cm³/mol. The first kappa shape index (κ1) is 24.0. The number of hydrogen-bond donors (Lipinski definition) is 5. The molecule has 0 saturated heterocycles. The lowest BCUT2D eigenvalue weighted by atomic mass is 10.1. The van der Waals surface area contributed by atoms with Gasteiger partial charge in [0.2, 0.25) is 5.91 Å². The summed E-state index contributed by atoms with van der Waals surface area (Å²) >= 11 is 0. The molecule has 5 N–H and O–H groups in total. The van der Waals surface area contributed by atoms with Gasteiger partial charge in [0.25, 0.3) is 5.56 Å². The second-order valence-electron chi connectivity index (χ2n) is 8.72. The number of pyridine rings is 1. The van der Waals surface area contributed by atoms with Crippen molar-refractivity contribution in [2.75, 3.05) is 17.2 Å². The smallest absolute Gasteiger partial charge is 0.261 e. The number of aliphatic hydroxyl groups excluding tert-OH is 1. The van der Waals surface area contributed by atoms with Gasteiger partial charge in [0.05, 0.1) is 28.5 Å². The molecular formula is C29H27N5O3. The molecule has 0 unspecified atom stereocenters.